The Bertz CT molecular complexity index is 669. The van der Waals surface area contributed by atoms with Crippen LogP contribution in [0.4, 0.5) is 0 Å². The first-order valence-corrected chi connectivity index (χ1v) is 13.0. The van der Waals surface area contributed by atoms with Crippen LogP contribution in [0, 0.1) is 29.6 Å². The van der Waals surface area contributed by atoms with Crippen LogP contribution < -0.4 is 0 Å². The lowest BCUT2D eigenvalue weighted by atomic mass is 9.61. The third-order valence-corrected chi connectivity index (χ3v) is 8.76. The lowest BCUT2D eigenvalue weighted by molar-refractivity contribution is 0.0699. The maximum atomic E-state index is 2.55. The molecule has 0 saturated heterocycles. The van der Waals surface area contributed by atoms with Crippen LogP contribution in [0.25, 0.3) is 0 Å². The van der Waals surface area contributed by atoms with Crippen LogP contribution in [-0.4, -0.2) is 0 Å². The van der Waals surface area contributed by atoms with E-state index in [1.807, 2.05) is 0 Å². The van der Waals surface area contributed by atoms with Crippen LogP contribution in [0.1, 0.15) is 101 Å². The molecule has 29 heavy (non-hydrogen) atoms. The summed E-state index contributed by atoms with van der Waals surface area (Å²) in [6.07, 6.45) is 24.6. The van der Waals surface area contributed by atoms with Gasteiger partial charge in [0.2, 0.25) is 0 Å². The highest BCUT2D eigenvalue weighted by atomic mass is 14.4. The van der Waals surface area contributed by atoms with Crippen LogP contribution in [0.2, 0.25) is 0 Å². The Labute approximate surface area is 180 Å². The second kappa shape index (κ2) is 10.3. The van der Waals surface area contributed by atoms with Gasteiger partial charge in [0.25, 0.3) is 0 Å². The standard InChI is InChI=1S/C29H44/c1-3-5-7-9-23-11-13-27-21-29(17-15-25(27)19-23)28-16-14-24-18-22(8-6-4-2)10-12-26(24)20-28/h3,5,10,12,18,23,25,27-29H,4,6-9,11,13-17,19-21H2,1-2H3. The second-order valence-electron chi connectivity index (χ2n) is 10.6. The van der Waals surface area contributed by atoms with Crippen molar-refractivity contribution in [3.8, 4) is 0 Å². The summed E-state index contributed by atoms with van der Waals surface area (Å²) in [6, 6.07) is 7.48. The Morgan fingerprint density at radius 1 is 0.897 bits per heavy atom. The fraction of sp³-hybridized carbons (Fsp3) is 0.724. The van der Waals surface area contributed by atoms with Crippen molar-refractivity contribution in [2.45, 2.75) is 104 Å². The molecule has 5 unspecified atom stereocenters. The normalized spacial score (nSPS) is 32.1. The van der Waals surface area contributed by atoms with Gasteiger partial charge in [-0.25, -0.2) is 0 Å². The van der Waals surface area contributed by atoms with Crippen LogP contribution in [0.15, 0.2) is 30.4 Å². The van der Waals surface area contributed by atoms with Crippen LogP contribution in [0.3, 0.4) is 0 Å². The monoisotopic (exact) mass is 392 g/mol. The first-order chi connectivity index (χ1) is 14.3. The zero-order valence-corrected chi connectivity index (χ0v) is 19.2. The number of fused-ring (bicyclic) bond motifs is 2. The zero-order valence-electron chi connectivity index (χ0n) is 19.2. The molecule has 0 aliphatic heterocycles. The second-order valence-corrected chi connectivity index (χ2v) is 10.6. The highest BCUT2D eigenvalue weighted by Crippen LogP contribution is 2.49. The number of benzene rings is 1. The molecule has 0 radical (unpaired) electrons. The van der Waals surface area contributed by atoms with Crippen molar-refractivity contribution in [1.82, 2.24) is 0 Å². The van der Waals surface area contributed by atoms with Crippen LogP contribution >= 0.6 is 0 Å². The molecule has 0 heteroatoms. The summed E-state index contributed by atoms with van der Waals surface area (Å²) < 4.78 is 0. The minimum atomic E-state index is 0.970. The van der Waals surface area contributed by atoms with Gasteiger partial charge in [0.1, 0.15) is 0 Å². The van der Waals surface area contributed by atoms with E-state index in [1.54, 1.807) is 29.5 Å². The Morgan fingerprint density at radius 3 is 2.52 bits per heavy atom. The van der Waals surface area contributed by atoms with Crippen molar-refractivity contribution in [3.05, 3.63) is 47.0 Å². The molecule has 160 valence electrons. The van der Waals surface area contributed by atoms with Gasteiger partial charge < -0.3 is 0 Å². The minimum Gasteiger partial charge on any atom is -0.0917 e. The van der Waals surface area contributed by atoms with Gasteiger partial charge in [0.15, 0.2) is 0 Å². The van der Waals surface area contributed by atoms with E-state index < -0.39 is 0 Å². The van der Waals surface area contributed by atoms with Crippen molar-refractivity contribution >= 4 is 0 Å². The van der Waals surface area contributed by atoms with Crippen LogP contribution in [0.5, 0.6) is 0 Å². The number of aryl methyl sites for hydroxylation is 2. The fourth-order valence-electron chi connectivity index (χ4n) is 6.99. The van der Waals surface area contributed by atoms with Crippen molar-refractivity contribution in [3.63, 3.8) is 0 Å². The topological polar surface area (TPSA) is 0 Å². The summed E-state index contributed by atoms with van der Waals surface area (Å²) in [5, 5.41) is 0. The molecule has 1 aromatic rings. The predicted molar refractivity (Wildman–Crippen MR) is 126 cm³/mol. The third-order valence-electron chi connectivity index (χ3n) is 8.76. The molecule has 0 aromatic heterocycles. The quantitative estimate of drug-likeness (QED) is 0.409. The van der Waals surface area contributed by atoms with Gasteiger partial charge in [-0.05, 0) is 130 Å². The minimum absolute atomic E-state index is 0.970. The molecule has 0 N–H and O–H groups in total. The van der Waals surface area contributed by atoms with E-state index >= 15 is 0 Å². The van der Waals surface area contributed by atoms with E-state index in [0.717, 1.165) is 29.6 Å². The van der Waals surface area contributed by atoms with Gasteiger partial charge in [0.05, 0.1) is 0 Å². The SMILES string of the molecule is CC=CCCC1CCC2CC(C3CCc4cc(CCCC)ccc4C3)CCC2C1. The molecule has 0 bridgehead atoms. The first-order valence-electron chi connectivity index (χ1n) is 13.0. The zero-order chi connectivity index (χ0) is 20.1. The fourth-order valence-corrected chi connectivity index (χ4v) is 6.99. The highest BCUT2D eigenvalue weighted by Gasteiger charge is 2.38. The molecule has 2 fully saturated rings. The van der Waals surface area contributed by atoms with Gasteiger partial charge >= 0.3 is 0 Å². The van der Waals surface area contributed by atoms with Crippen molar-refractivity contribution in [1.29, 1.82) is 0 Å². The molecule has 2 saturated carbocycles. The van der Waals surface area contributed by atoms with Gasteiger partial charge in [-0.15, -0.1) is 0 Å². The number of hydrogen-bond donors (Lipinski definition) is 0. The summed E-state index contributed by atoms with van der Waals surface area (Å²) in [5.74, 6) is 5.13. The Morgan fingerprint density at radius 2 is 1.69 bits per heavy atom. The Kier molecular flexibility index (Phi) is 7.54. The number of rotatable bonds is 7. The molecule has 1 aromatic carbocycles. The van der Waals surface area contributed by atoms with E-state index in [2.05, 4.69) is 44.2 Å². The summed E-state index contributed by atoms with van der Waals surface area (Å²) in [6.45, 7) is 4.46. The molecule has 0 heterocycles. The molecule has 0 nitrogen and oxygen atoms in total. The molecule has 4 rings (SSSR count). The van der Waals surface area contributed by atoms with Gasteiger partial charge in [-0.3, -0.25) is 0 Å². The van der Waals surface area contributed by atoms with Gasteiger partial charge in [-0.2, -0.15) is 0 Å². The largest absolute Gasteiger partial charge is 0.0917 e. The Hall–Kier alpha value is -1.04. The molecule has 3 aliphatic rings. The summed E-state index contributed by atoms with van der Waals surface area (Å²) in [7, 11) is 0. The summed E-state index contributed by atoms with van der Waals surface area (Å²) >= 11 is 0. The van der Waals surface area contributed by atoms with Gasteiger partial charge in [-0.1, -0.05) is 50.1 Å². The average Bonchev–Trinajstić information content (AvgIpc) is 2.77. The molecular formula is C29H44. The number of allylic oxidation sites excluding steroid dienone is 2. The molecule has 3 aliphatic carbocycles. The maximum absolute atomic E-state index is 2.55. The number of unbranched alkanes of at least 4 members (excludes halogenated alkanes) is 1. The lowest BCUT2D eigenvalue weighted by Gasteiger charge is -2.45. The van der Waals surface area contributed by atoms with E-state index in [9.17, 15) is 0 Å². The van der Waals surface area contributed by atoms with Crippen LogP contribution in [-0.2, 0) is 19.3 Å². The maximum Gasteiger partial charge on any atom is -0.0245 e. The molecular weight excluding hydrogens is 348 g/mol. The third kappa shape index (κ3) is 5.36. The smallest absolute Gasteiger partial charge is 0.0245 e. The van der Waals surface area contributed by atoms with E-state index in [4.69, 9.17) is 0 Å². The van der Waals surface area contributed by atoms with E-state index in [1.165, 1.54) is 77.0 Å². The van der Waals surface area contributed by atoms with Crippen molar-refractivity contribution in [2.75, 3.05) is 0 Å². The average molecular weight is 393 g/mol. The lowest BCUT2D eigenvalue weighted by Crippen LogP contribution is -2.35. The molecule has 0 spiro atoms. The summed E-state index contributed by atoms with van der Waals surface area (Å²) in [4.78, 5) is 0. The Balaban J connectivity index is 1.29. The molecule has 5 atom stereocenters. The van der Waals surface area contributed by atoms with Crippen molar-refractivity contribution in [2.24, 2.45) is 29.6 Å². The molecule has 0 amide bonds. The van der Waals surface area contributed by atoms with E-state index in [0.29, 0.717) is 0 Å². The highest BCUT2D eigenvalue weighted by molar-refractivity contribution is 5.34. The van der Waals surface area contributed by atoms with Crippen molar-refractivity contribution < 1.29 is 0 Å². The summed E-state index contributed by atoms with van der Waals surface area (Å²) in [5.41, 5.74) is 4.96. The first kappa shape index (κ1) is 21.2. The number of hydrogen-bond acceptors (Lipinski definition) is 0. The van der Waals surface area contributed by atoms with Gasteiger partial charge in [0, 0.05) is 0 Å². The predicted octanol–water partition coefficient (Wildman–Crippen LogP) is 8.32. The van der Waals surface area contributed by atoms with E-state index in [-0.39, 0.29) is 0 Å².